The summed E-state index contributed by atoms with van der Waals surface area (Å²) in [6.07, 6.45) is 13.2. The number of amides is 3. The number of rotatable bonds is 22. The van der Waals surface area contributed by atoms with Gasteiger partial charge in [0.1, 0.15) is 25.6 Å². The summed E-state index contributed by atoms with van der Waals surface area (Å²) in [6, 6.07) is 15.6. The first-order valence-electron chi connectivity index (χ1n) is 24.5. The summed E-state index contributed by atoms with van der Waals surface area (Å²) in [4.78, 5) is 46.4. The molecule has 2 aliphatic heterocycles. The molecule has 0 bridgehead atoms. The number of allylic oxidation sites excluding steroid dienone is 1. The van der Waals surface area contributed by atoms with Crippen LogP contribution in [0.15, 0.2) is 82.8 Å². The van der Waals surface area contributed by atoms with Crippen LogP contribution >= 0.6 is 0 Å². The molecule has 3 aromatic carbocycles. The van der Waals surface area contributed by atoms with Gasteiger partial charge in [-0.15, -0.1) is 0 Å². The molecule has 14 nitrogen and oxygen atoms in total. The van der Waals surface area contributed by atoms with Gasteiger partial charge in [-0.05, 0) is 111 Å². The van der Waals surface area contributed by atoms with Crippen molar-refractivity contribution in [1.82, 2.24) is 15.1 Å². The molecular weight excluding hydrogens is 875 g/mol. The summed E-state index contributed by atoms with van der Waals surface area (Å²) in [5, 5.41) is 2.69. The monoisotopic (exact) mass is 958 g/mol. The van der Waals surface area contributed by atoms with Gasteiger partial charge in [0.2, 0.25) is 12.8 Å². The first-order chi connectivity index (χ1) is 33.6. The maximum atomic E-state index is 11.7. The highest BCUT2D eigenvalue weighted by Crippen LogP contribution is 2.36. The second kappa shape index (κ2) is 35.8. The lowest BCUT2D eigenvalue weighted by molar-refractivity contribution is -0.118. The summed E-state index contributed by atoms with van der Waals surface area (Å²) in [5.41, 5.74) is 5.79. The number of aryl methyl sites for hydroxylation is 2. The lowest BCUT2D eigenvalue weighted by atomic mass is 10.0. The zero-order valence-corrected chi connectivity index (χ0v) is 44.0. The number of nitrogens with one attached hydrogen (secondary N) is 1. The standard InChI is InChI=1S/C40H51N3O8.C9H14N2O.3C2H6/c1-7-10-30-19-33(43(24-30)27-44)23-42-35-22-39(38(47-6)17-29(35)4)51-26-32-18-31(25-50-36-12-11-28(3)16-37(36)46-5)20-34(21-32)48-15-9-13-41-40(45)49-14-8-2;1-3-8-4-9(5-10-2)11(6-8)7-12;3*1-2/h8,11-12,16-18,20-23,27,30,33H,2,7,9-10,13-15,19,24-26H2,1,3-6H3,(H,41,45);3,5,7,9H,4,6H2,1-2H3;3*1-2H3/b;8-3+,10-5?;;;. The number of carbonyl (C=O) groups excluding carboxylic acids is 3. The highest BCUT2D eigenvalue weighted by atomic mass is 16.5. The van der Waals surface area contributed by atoms with Crippen molar-refractivity contribution in [2.24, 2.45) is 15.9 Å². The molecule has 3 unspecified atom stereocenters. The molecule has 3 atom stereocenters. The Morgan fingerprint density at radius 3 is 2.07 bits per heavy atom. The average molecular weight is 958 g/mol. The van der Waals surface area contributed by atoms with Crippen LogP contribution < -0.4 is 29.0 Å². The second-order valence-corrected chi connectivity index (χ2v) is 15.5. The van der Waals surface area contributed by atoms with Gasteiger partial charge in [-0.3, -0.25) is 19.6 Å². The van der Waals surface area contributed by atoms with Crippen LogP contribution in [0, 0.1) is 19.8 Å². The van der Waals surface area contributed by atoms with E-state index in [9.17, 15) is 14.4 Å². The molecule has 5 rings (SSSR count). The Bertz CT molecular complexity index is 2050. The Hall–Kier alpha value is -6.31. The fourth-order valence-electron chi connectivity index (χ4n) is 7.37. The van der Waals surface area contributed by atoms with Gasteiger partial charge in [0.05, 0.1) is 38.6 Å². The number of likely N-dealkylation sites (tertiary alicyclic amines) is 2. The lowest BCUT2D eigenvalue weighted by Crippen LogP contribution is -2.29. The van der Waals surface area contributed by atoms with Crippen molar-refractivity contribution in [2.75, 3.05) is 54.1 Å². The molecule has 0 saturated carbocycles. The molecule has 3 amide bonds. The fourth-order valence-corrected chi connectivity index (χ4v) is 7.37. The molecule has 69 heavy (non-hydrogen) atoms. The highest BCUT2D eigenvalue weighted by Gasteiger charge is 2.29. The van der Waals surface area contributed by atoms with E-state index in [0.717, 1.165) is 79.5 Å². The molecule has 382 valence electrons. The number of aliphatic imine (C=N–C) groups is 2. The summed E-state index contributed by atoms with van der Waals surface area (Å²) in [5.74, 6) is 3.55. The molecule has 2 aliphatic rings. The second-order valence-electron chi connectivity index (χ2n) is 15.5. The van der Waals surface area contributed by atoms with Crippen molar-refractivity contribution < 1.29 is 42.8 Å². The van der Waals surface area contributed by atoms with E-state index in [1.165, 1.54) is 11.6 Å². The van der Waals surface area contributed by atoms with Gasteiger partial charge in [0.15, 0.2) is 23.0 Å². The Morgan fingerprint density at radius 1 is 0.826 bits per heavy atom. The SMILES string of the molecule is C/C=C1\CC(C=NC)N(C=O)C1.C=CCOC(=O)NCCCOc1cc(COc2ccc(C)cc2OC)cc(COc2cc(N=CC3CC(CCC)CN3C=O)c(C)cc2OC)c1.CC.CC.CC. The smallest absolute Gasteiger partial charge is 0.407 e. The van der Waals surface area contributed by atoms with Gasteiger partial charge < -0.3 is 43.5 Å². The van der Waals surface area contributed by atoms with Gasteiger partial charge in [-0.25, -0.2) is 4.79 Å². The summed E-state index contributed by atoms with van der Waals surface area (Å²) in [7, 11) is 4.96. The van der Waals surface area contributed by atoms with E-state index in [1.807, 2.05) is 128 Å². The van der Waals surface area contributed by atoms with E-state index < -0.39 is 6.09 Å². The molecule has 0 spiro atoms. The molecule has 2 heterocycles. The van der Waals surface area contributed by atoms with E-state index in [4.69, 9.17) is 33.4 Å². The summed E-state index contributed by atoms with van der Waals surface area (Å²) >= 11 is 0. The van der Waals surface area contributed by atoms with Crippen molar-refractivity contribution >= 4 is 37.0 Å². The van der Waals surface area contributed by atoms with Gasteiger partial charge in [-0.2, -0.15) is 0 Å². The van der Waals surface area contributed by atoms with Crippen LogP contribution in [0.4, 0.5) is 10.5 Å². The number of nitrogens with zero attached hydrogens (tertiary/aromatic N) is 4. The number of benzene rings is 3. The topological polar surface area (TPSA) is 150 Å². The molecule has 3 aromatic rings. The van der Waals surface area contributed by atoms with E-state index in [-0.39, 0.29) is 31.9 Å². The van der Waals surface area contributed by atoms with E-state index >= 15 is 0 Å². The Balaban J connectivity index is 0.00000112. The molecule has 14 heteroatoms. The highest BCUT2D eigenvalue weighted by molar-refractivity contribution is 5.74. The third kappa shape index (κ3) is 21.3. The zero-order chi connectivity index (χ0) is 51.6. The minimum atomic E-state index is -0.498. The Kier molecular flexibility index (Phi) is 31.5. The van der Waals surface area contributed by atoms with Crippen LogP contribution in [0.1, 0.15) is 110 Å². The van der Waals surface area contributed by atoms with Gasteiger partial charge in [0.25, 0.3) is 0 Å². The van der Waals surface area contributed by atoms with Gasteiger partial charge >= 0.3 is 6.09 Å². The fraction of sp³-hybridized carbons (Fsp3) is 0.509. The molecule has 1 N–H and O–H groups in total. The van der Waals surface area contributed by atoms with Crippen LogP contribution in [-0.4, -0.2) is 107 Å². The quantitative estimate of drug-likeness (QED) is 0.0449. The average Bonchev–Trinajstić information content (AvgIpc) is 3.99. The van der Waals surface area contributed by atoms with Crippen molar-refractivity contribution in [3.05, 3.63) is 95.1 Å². The number of hydrogen-bond acceptors (Lipinski definition) is 11. The van der Waals surface area contributed by atoms with Gasteiger partial charge in [-0.1, -0.05) is 85.3 Å². The number of hydrogen-bond donors (Lipinski definition) is 1. The minimum Gasteiger partial charge on any atom is -0.494 e. The molecule has 0 aromatic heterocycles. The lowest BCUT2D eigenvalue weighted by Gasteiger charge is -2.17. The van der Waals surface area contributed by atoms with Crippen LogP contribution in [0.5, 0.6) is 28.7 Å². The normalized spacial score (nSPS) is 16.4. The summed E-state index contributed by atoms with van der Waals surface area (Å²) in [6.45, 7) is 26.6. The van der Waals surface area contributed by atoms with Crippen LogP contribution in [-0.2, 0) is 27.5 Å². The van der Waals surface area contributed by atoms with Crippen LogP contribution in [0.2, 0.25) is 0 Å². The van der Waals surface area contributed by atoms with Crippen LogP contribution in [0.25, 0.3) is 0 Å². The number of alkyl carbamates (subject to hydrolysis) is 1. The summed E-state index contributed by atoms with van der Waals surface area (Å²) < 4.78 is 34.8. The van der Waals surface area contributed by atoms with Gasteiger partial charge in [0, 0.05) is 45.2 Å². The maximum absolute atomic E-state index is 11.7. The number of carbonyl (C=O) groups is 3. The maximum Gasteiger partial charge on any atom is 0.407 e. The molecule has 0 radical (unpaired) electrons. The number of methoxy groups -OCH3 is 2. The molecular formula is C55H83N5O9. The zero-order valence-electron chi connectivity index (χ0n) is 44.0. The molecule has 2 fully saturated rings. The third-order valence-corrected chi connectivity index (χ3v) is 10.6. The molecule has 0 aliphatic carbocycles. The predicted molar refractivity (Wildman–Crippen MR) is 281 cm³/mol. The van der Waals surface area contributed by atoms with Crippen molar-refractivity contribution in [2.45, 2.75) is 127 Å². The van der Waals surface area contributed by atoms with Crippen LogP contribution in [0.3, 0.4) is 0 Å². The van der Waals surface area contributed by atoms with Crippen molar-refractivity contribution in [3.63, 3.8) is 0 Å². The molecule has 2 saturated heterocycles. The Morgan fingerprint density at radius 2 is 1.48 bits per heavy atom. The Labute approximate surface area is 414 Å². The van der Waals surface area contributed by atoms with E-state index in [1.54, 1.807) is 26.2 Å². The third-order valence-electron chi connectivity index (χ3n) is 10.6. The predicted octanol–water partition coefficient (Wildman–Crippen LogP) is 11.5. The minimum absolute atomic E-state index is 0.0324. The first-order valence-corrected chi connectivity index (χ1v) is 24.5. The van der Waals surface area contributed by atoms with Crippen molar-refractivity contribution in [1.29, 1.82) is 0 Å². The van der Waals surface area contributed by atoms with E-state index in [2.05, 4.69) is 29.9 Å². The largest absolute Gasteiger partial charge is 0.494 e. The number of ether oxygens (including phenoxy) is 6. The van der Waals surface area contributed by atoms with Crippen molar-refractivity contribution in [3.8, 4) is 28.7 Å². The van der Waals surface area contributed by atoms with E-state index in [0.29, 0.717) is 54.2 Å². The first kappa shape index (κ1) is 60.7.